The minimum atomic E-state index is -5.12. The maximum Gasteiger partial charge on any atom is 0.417 e. The van der Waals surface area contributed by atoms with Crippen LogP contribution in [0.2, 0.25) is 0 Å². The molecule has 1 saturated carbocycles. The highest BCUT2D eigenvalue weighted by Gasteiger charge is 2.52. The maximum absolute atomic E-state index is 13.8. The van der Waals surface area contributed by atoms with Crippen molar-refractivity contribution in [2.45, 2.75) is 42.8 Å². The Morgan fingerprint density at radius 1 is 0.923 bits per heavy atom. The molecule has 1 atom stereocenters. The van der Waals surface area contributed by atoms with Gasteiger partial charge in [0.05, 0.1) is 17.0 Å². The van der Waals surface area contributed by atoms with Crippen LogP contribution in [0.4, 0.5) is 39.5 Å². The van der Waals surface area contributed by atoms with Gasteiger partial charge < -0.3 is 10.6 Å². The van der Waals surface area contributed by atoms with Crippen LogP contribution in [-0.2, 0) is 11.0 Å². The third kappa shape index (κ3) is 7.99. The summed E-state index contributed by atoms with van der Waals surface area (Å²) < 4.78 is 120. The molecular formula is C24H17Br2F9N2O2. The van der Waals surface area contributed by atoms with Crippen LogP contribution in [-0.4, -0.2) is 36.3 Å². The molecule has 1 aliphatic rings. The maximum atomic E-state index is 13.8. The number of alkyl halides is 9. The molecule has 0 bridgehead atoms. The molecule has 2 amide bonds. The zero-order valence-electron chi connectivity index (χ0n) is 19.3. The predicted molar refractivity (Wildman–Crippen MR) is 130 cm³/mol. The van der Waals surface area contributed by atoms with Gasteiger partial charge in [-0.2, -0.15) is 39.5 Å². The third-order valence-corrected chi connectivity index (χ3v) is 7.60. The van der Waals surface area contributed by atoms with Crippen LogP contribution < -0.4 is 10.6 Å². The largest absolute Gasteiger partial charge is 0.417 e. The smallest absolute Gasteiger partial charge is 0.345 e. The Kier molecular flexibility index (Phi) is 8.85. The molecule has 0 spiro atoms. The summed E-state index contributed by atoms with van der Waals surface area (Å²) in [6, 6.07) is 5.95. The summed E-state index contributed by atoms with van der Waals surface area (Å²) in [6.45, 7) is -1.69. The minimum Gasteiger partial charge on any atom is -0.345 e. The number of carbonyl (C=O) groups is 2. The molecule has 3 rings (SSSR count). The van der Waals surface area contributed by atoms with Crippen molar-refractivity contribution < 1.29 is 49.1 Å². The molecule has 39 heavy (non-hydrogen) atoms. The van der Waals surface area contributed by atoms with Crippen LogP contribution in [0.1, 0.15) is 45.8 Å². The first-order valence-electron chi connectivity index (χ1n) is 10.9. The van der Waals surface area contributed by atoms with Gasteiger partial charge in [-0.05, 0) is 80.1 Å². The summed E-state index contributed by atoms with van der Waals surface area (Å²) in [5.41, 5.74) is -4.71. The second kappa shape index (κ2) is 11.1. The Morgan fingerprint density at radius 3 is 2.08 bits per heavy atom. The van der Waals surface area contributed by atoms with Crippen LogP contribution in [0.25, 0.3) is 6.08 Å². The third-order valence-electron chi connectivity index (χ3n) is 5.72. The lowest BCUT2D eigenvalue weighted by molar-refractivity contribution is -0.140. The number of hydrogen-bond donors (Lipinski definition) is 2. The van der Waals surface area contributed by atoms with E-state index < -0.39 is 59.5 Å². The fourth-order valence-corrected chi connectivity index (χ4v) is 4.23. The van der Waals surface area contributed by atoms with Gasteiger partial charge >= 0.3 is 18.5 Å². The van der Waals surface area contributed by atoms with E-state index >= 15 is 0 Å². The molecule has 1 aliphatic carbocycles. The average molecular weight is 696 g/mol. The van der Waals surface area contributed by atoms with Gasteiger partial charge in [0.25, 0.3) is 5.91 Å². The normalized spacial score (nSPS) is 16.2. The Bertz CT molecular complexity index is 1280. The highest BCUT2D eigenvalue weighted by Crippen LogP contribution is 2.40. The Balaban J connectivity index is 1.88. The van der Waals surface area contributed by atoms with Gasteiger partial charge in [0.1, 0.15) is 12.1 Å². The van der Waals surface area contributed by atoms with Crippen LogP contribution in [0, 0.1) is 0 Å². The van der Waals surface area contributed by atoms with Crippen molar-refractivity contribution in [2.75, 3.05) is 6.54 Å². The number of rotatable bonds is 7. The zero-order valence-corrected chi connectivity index (χ0v) is 22.5. The lowest BCUT2D eigenvalue weighted by Crippen LogP contribution is -2.51. The second-order valence-corrected chi connectivity index (χ2v) is 10.4. The minimum absolute atomic E-state index is 0.0877. The van der Waals surface area contributed by atoms with Crippen molar-refractivity contribution in [3.8, 4) is 0 Å². The number of nitrogens with one attached hydrogen (secondary N) is 2. The predicted octanol–water partition coefficient (Wildman–Crippen LogP) is 7.53. The molecule has 4 nitrogen and oxygen atoms in total. The van der Waals surface area contributed by atoms with E-state index in [1.807, 2.05) is 0 Å². The molecule has 2 aromatic rings. The van der Waals surface area contributed by atoms with Gasteiger partial charge in [-0.25, -0.2) is 0 Å². The summed E-state index contributed by atoms with van der Waals surface area (Å²) >= 11 is 6.25. The van der Waals surface area contributed by atoms with E-state index in [-0.39, 0.29) is 24.0 Å². The average Bonchev–Trinajstić information content (AvgIpc) is 3.58. The number of benzene rings is 2. The van der Waals surface area contributed by atoms with Crippen LogP contribution in [0.3, 0.4) is 0 Å². The van der Waals surface area contributed by atoms with Crippen molar-refractivity contribution in [3.05, 3.63) is 73.7 Å². The SMILES string of the molecule is O=C(NC1(C(=O)NCC(F)(F)F)CC1)c1ccc(C=CC(c2ccc(Br)c(Br)c2)C(F)(F)F)cc1C(F)(F)F. The molecule has 2 N–H and O–H groups in total. The summed E-state index contributed by atoms with van der Waals surface area (Å²) in [5, 5.41) is 3.65. The lowest BCUT2D eigenvalue weighted by Gasteiger charge is -2.20. The standard InChI is InChI=1S/C24H17Br2F9N2O2/c25-17-6-3-13(10-18(17)26)15(23(30,31)32)5-2-12-1-4-14(16(9-12)24(33,34)35)19(38)37-21(7-8-21)20(39)36-11-22(27,28)29/h1-6,9-10,15H,7-8,11H2,(H,36,39)(H,37,38). The van der Waals surface area contributed by atoms with Crippen LogP contribution in [0.5, 0.6) is 0 Å². The number of amides is 2. The monoisotopic (exact) mass is 694 g/mol. The van der Waals surface area contributed by atoms with Gasteiger partial charge in [-0.1, -0.05) is 24.3 Å². The molecular weight excluding hydrogens is 679 g/mol. The van der Waals surface area contributed by atoms with Crippen molar-refractivity contribution in [1.29, 1.82) is 0 Å². The highest BCUT2D eigenvalue weighted by molar-refractivity contribution is 9.13. The molecule has 0 radical (unpaired) electrons. The van der Waals surface area contributed by atoms with Gasteiger partial charge in [-0.3, -0.25) is 9.59 Å². The number of hydrogen-bond acceptors (Lipinski definition) is 2. The highest BCUT2D eigenvalue weighted by atomic mass is 79.9. The van der Waals surface area contributed by atoms with Crippen LogP contribution >= 0.6 is 31.9 Å². The Hall–Kier alpha value is -2.55. The second-order valence-electron chi connectivity index (χ2n) is 8.69. The molecule has 0 aliphatic heterocycles. The first-order chi connectivity index (χ1) is 17.8. The molecule has 0 saturated heterocycles. The van der Waals surface area contributed by atoms with Gasteiger partial charge in [-0.15, -0.1) is 0 Å². The number of allylic oxidation sites excluding steroid dienone is 1. The molecule has 1 fully saturated rings. The summed E-state index contributed by atoms with van der Waals surface area (Å²) in [4.78, 5) is 24.7. The summed E-state index contributed by atoms with van der Waals surface area (Å²) in [5.74, 6) is -4.73. The molecule has 2 aromatic carbocycles. The lowest BCUT2D eigenvalue weighted by atomic mass is 9.96. The molecule has 0 heterocycles. The van der Waals surface area contributed by atoms with Gasteiger partial charge in [0.15, 0.2) is 0 Å². The first-order valence-corrected chi connectivity index (χ1v) is 12.5. The first kappa shape index (κ1) is 31.0. The van der Waals surface area contributed by atoms with Crippen molar-refractivity contribution >= 4 is 49.8 Å². The molecule has 15 heteroatoms. The summed E-state index contributed by atoms with van der Waals surface area (Å²) in [7, 11) is 0. The Labute approximate surface area is 232 Å². The van der Waals surface area contributed by atoms with Crippen molar-refractivity contribution in [2.24, 2.45) is 0 Å². The van der Waals surface area contributed by atoms with Gasteiger partial charge in [0.2, 0.25) is 5.91 Å². The fourth-order valence-electron chi connectivity index (χ4n) is 3.59. The number of halogens is 11. The van der Waals surface area contributed by atoms with E-state index in [1.54, 1.807) is 5.32 Å². The van der Waals surface area contributed by atoms with E-state index in [0.29, 0.717) is 21.1 Å². The molecule has 212 valence electrons. The Morgan fingerprint density at radius 2 is 1.56 bits per heavy atom. The van der Waals surface area contributed by atoms with E-state index in [1.165, 1.54) is 18.2 Å². The topological polar surface area (TPSA) is 58.2 Å². The van der Waals surface area contributed by atoms with Crippen molar-refractivity contribution in [1.82, 2.24) is 10.6 Å². The molecule has 1 unspecified atom stereocenters. The van der Waals surface area contributed by atoms with E-state index in [9.17, 15) is 49.1 Å². The van der Waals surface area contributed by atoms with E-state index in [4.69, 9.17) is 0 Å². The van der Waals surface area contributed by atoms with Crippen molar-refractivity contribution in [3.63, 3.8) is 0 Å². The van der Waals surface area contributed by atoms with Gasteiger partial charge in [0, 0.05) is 8.95 Å². The van der Waals surface area contributed by atoms with E-state index in [0.717, 1.165) is 18.2 Å². The summed E-state index contributed by atoms with van der Waals surface area (Å²) in [6.07, 6.45) is -13.3. The number of carbonyl (C=O) groups excluding carboxylic acids is 2. The van der Waals surface area contributed by atoms with Crippen LogP contribution in [0.15, 0.2) is 51.4 Å². The fraction of sp³-hybridized carbons (Fsp3) is 0.333. The van der Waals surface area contributed by atoms with E-state index in [2.05, 4.69) is 37.2 Å². The molecule has 0 aromatic heterocycles. The quantitative estimate of drug-likeness (QED) is 0.295. The zero-order chi connectivity index (χ0) is 29.4.